The number of hydrazone groups is 1. The molecule has 2 atom stereocenters. The molecule has 26 heavy (non-hydrogen) atoms. The van der Waals surface area contributed by atoms with Gasteiger partial charge in [-0.05, 0) is 31.4 Å². The predicted molar refractivity (Wildman–Crippen MR) is 98.5 cm³/mol. The molecule has 1 saturated carbocycles. The van der Waals surface area contributed by atoms with E-state index in [0.29, 0.717) is 16.3 Å². The maximum absolute atomic E-state index is 12.4. The Morgan fingerprint density at radius 3 is 3.00 bits per heavy atom. The zero-order chi connectivity index (χ0) is 18.5. The largest absolute Gasteiger partial charge is 0.496 e. The molecule has 3 rings (SSSR count). The van der Waals surface area contributed by atoms with E-state index in [0.717, 1.165) is 25.7 Å². The number of carbonyl (C=O) groups is 2. The van der Waals surface area contributed by atoms with Crippen molar-refractivity contribution in [3.63, 3.8) is 0 Å². The molecule has 2 aliphatic rings. The summed E-state index contributed by atoms with van der Waals surface area (Å²) in [6, 6.07) is 4.89. The lowest BCUT2D eigenvalue weighted by molar-refractivity contribution is -0.126. The van der Waals surface area contributed by atoms with Crippen molar-refractivity contribution in [3.8, 4) is 5.75 Å². The number of benzene rings is 1. The fourth-order valence-electron chi connectivity index (χ4n) is 3.03. The molecule has 1 aliphatic carbocycles. The molecule has 1 heterocycles. The van der Waals surface area contributed by atoms with Gasteiger partial charge in [0.25, 0.3) is 5.91 Å². The predicted octanol–water partition coefficient (Wildman–Crippen LogP) is 3.52. The molecule has 0 radical (unpaired) electrons. The minimum absolute atomic E-state index is 0.0147. The Hall–Kier alpha value is -2.05. The van der Waals surface area contributed by atoms with Crippen molar-refractivity contribution in [3.05, 3.63) is 40.1 Å². The van der Waals surface area contributed by atoms with Crippen LogP contribution in [0.25, 0.3) is 0 Å². The van der Waals surface area contributed by atoms with Gasteiger partial charge in [-0.15, -0.1) is 0 Å². The number of hydrogen-bond donors (Lipinski definition) is 1. The molecule has 1 N–H and O–H groups in total. The van der Waals surface area contributed by atoms with Crippen LogP contribution in [0.15, 0.2) is 35.1 Å². The molecule has 0 spiro atoms. The average Bonchev–Trinajstić information content (AvgIpc) is 2.65. The van der Waals surface area contributed by atoms with Crippen molar-refractivity contribution in [2.24, 2.45) is 11.0 Å². The number of ketones is 1. The first-order chi connectivity index (χ1) is 12.6. The summed E-state index contributed by atoms with van der Waals surface area (Å²) in [5, 5.41) is 4.38. The van der Waals surface area contributed by atoms with E-state index in [4.69, 9.17) is 32.7 Å². The number of Topliss-reactive ketones (excluding diaryl/α,β-unsaturated/α-hetero) is 1. The first-order valence-corrected chi connectivity index (χ1v) is 9.10. The van der Waals surface area contributed by atoms with Gasteiger partial charge in [0.2, 0.25) is 0 Å². The fraction of sp³-hybridized carbons (Fsp3) is 0.389. The maximum atomic E-state index is 12.4. The maximum Gasteiger partial charge on any atom is 0.277 e. The molecule has 1 aliphatic heterocycles. The van der Waals surface area contributed by atoms with Crippen LogP contribution in [-0.2, 0) is 14.3 Å². The van der Waals surface area contributed by atoms with E-state index in [2.05, 4.69) is 10.5 Å². The number of rotatable bonds is 5. The summed E-state index contributed by atoms with van der Waals surface area (Å²) in [4.78, 5) is 24.2. The molecule has 2 unspecified atom stereocenters. The number of nitrogens with zero attached hydrogens (tertiary/aromatic N) is 1. The fourth-order valence-corrected chi connectivity index (χ4v) is 3.38. The van der Waals surface area contributed by atoms with Gasteiger partial charge in [-0.2, -0.15) is 5.10 Å². The summed E-state index contributed by atoms with van der Waals surface area (Å²) in [6.45, 7) is -0.286. The van der Waals surface area contributed by atoms with Crippen LogP contribution in [0, 0.1) is 5.92 Å². The summed E-state index contributed by atoms with van der Waals surface area (Å²) >= 11 is 11.9. The summed E-state index contributed by atoms with van der Waals surface area (Å²) in [5.74, 6) is -0.280. The van der Waals surface area contributed by atoms with Crippen LogP contribution >= 0.6 is 23.2 Å². The third-order valence-electron chi connectivity index (χ3n) is 4.36. The van der Waals surface area contributed by atoms with E-state index in [9.17, 15) is 9.59 Å². The van der Waals surface area contributed by atoms with Gasteiger partial charge >= 0.3 is 0 Å². The highest BCUT2D eigenvalue weighted by Crippen LogP contribution is 2.32. The molecule has 138 valence electrons. The van der Waals surface area contributed by atoms with Gasteiger partial charge in [-0.25, -0.2) is 5.43 Å². The minimum Gasteiger partial charge on any atom is -0.496 e. The van der Waals surface area contributed by atoms with Crippen LogP contribution in [0.1, 0.15) is 25.7 Å². The van der Waals surface area contributed by atoms with Crippen LogP contribution in [0.5, 0.6) is 5.75 Å². The van der Waals surface area contributed by atoms with Crippen LogP contribution in [0.4, 0.5) is 0 Å². The molecular formula is C18H18Cl2N2O4. The van der Waals surface area contributed by atoms with Gasteiger partial charge < -0.3 is 9.47 Å². The smallest absolute Gasteiger partial charge is 0.277 e. The van der Waals surface area contributed by atoms with E-state index in [1.807, 2.05) is 0 Å². The lowest BCUT2D eigenvalue weighted by atomic mass is 9.80. The molecule has 0 bridgehead atoms. The average molecular weight is 397 g/mol. The van der Waals surface area contributed by atoms with Crippen LogP contribution < -0.4 is 10.2 Å². The Labute approximate surface area is 161 Å². The van der Waals surface area contributed by atoms with Gasteiger partial charge in [0.15, 0.2) is 12.4 Å². The molecule has 1 aromatic rings. The van der Waals surface area contributed by atoms with Crippen LogP contribution in [0.3, 0.4) is 0 Å². The Morgan fingerprint density at radius 1 is 1.35 bits per heavy atom. The van der Waals surface area contributed by atoms with Gasteiger partial charge in [-0.3, -0.25) is 9.59 Å². The number of hydrogen-bond acceptors (Lipinski definition) is 5. The Kier molecular flexibility index (Phi) is 6.16. The SMILES string of the molecule is O=C(COc1cccc(Cl)c1Cl)N/N=C/C1=COC2CCCCC2C1=O. The molecule has 0 aromatic heterocycles. The third-order valence-corrected chi connectivity index (χ3v) is 5.16. The minimum atomic E-state index is -0.488. The molecule has 0 saturated heterocycles. The molecule has 1 aromatic carbocycles. The second kappa shape index (κ2) is 8.56. The number of allylic oxidation sites excluding steroid dienone is 1. The molecular weight excluding hydrogens is 379 g/mol. The number of ether oxygens (including phenoxy) is 2. The quantitative estimate of drug-likeness (QED) is 0.609. The Bertz CT molecular complexity index is 764. The first-order valence-electron chi connectivity index (χ1n) is 8.35. The number of carbonyl (C=O) groups excluding carboxylic acids is 2. The van der Waals surface area contributed by atoms with Gasteiger partial charge in [0, 0.05) is 0 Å². The lowest BCUT2D eigenvalue weighted by Crippen LogP contribution is -2.37. The highest BCUT2D eigenvalue weighted by molar-refractivity contribution is 6.42. The number of nitrogens with one attached hydrogen (secondary N) is 1. The van der Waals surface area contributed by atoms with E-state index in [1.165, 1.54) is 12.5 Å². The highest BCUT2D eigenvalue weighted by Gasteiger charge is 2.36. The van der Waals surface area contributed by atoms with E-state index in [-0.39, 0.29) is 29.4 Å². The lowest BCUT2D eigenvalue weighted by Gasteiger charge is -2.33. The van der Waals surface area contributed by atoms with Crippen molar-refractivity contribution in [1.29, 1.82) is 0 Å². The van der Waals surface area contributed by atoms with E-state index < -0.39 is 5.91 Å². The third kappa shape index (κ3) is 4.37. The summed E-state index contributed by atoms with van der Waals surface area (Å²) in [7, 11) is 0. The second-order valence-corrected chi connectivity index (χ2v) is 6.92. The standard InChI is InChI=1S/C18H18Cl2N2O4/c19-13-5-3-7-15(17(13)20)26-10-16(23)22-21-8-11-9-25-14-6-2-1-4-12(14)18(11)24/h3,5,7-9,12,14H,1-2,4,6,10H2,(H,22,23)/b21-8+. The molecule has 1 fully saturated rings. The Morgan fingerprint density at radius 2 is 2.15 bits per heavy atom. The van der Waals surface area contributed by atoms with Gasteiger partial charge in [0.1, 0.15) is 16.9 Å². The Balaban J connectivity index is 1.50. The highest BCUT2D eigenvalue weighted by atomic mass is 35.5. The summed E-state index contributed by atoms with van der Waals surface area (Å²) < 4.78 is 10.9. The van der Waals surface area contributed by atoms with Crippen molar-refractivity contribution in [1.82, 2.24) is 5.43 Å². The summed E-state index contributed by atoms with van der Waals surface area (Å²) in [5.41, 5.74) is 2.66. The summed E-state index contributed by atoms with van der Waals surface area (Å²) in [6.07, 6.45) is 6.54. The monoisotopic (exact) mass is 396 g/mol. The number of fused-ring (bicyclic) bond motifs is 1. The zero-order valence-electron chi connectivity index (χ0n) is 13.9. The molecule has 6 nitrogen and oxygen atoms in total. The van der Waals surface area contributed by atoms with Crippen LogP contribution in [0.2, 0.25) is 10.0 Å². The van der Waals surface area contributed by atoms with Crippen molar-refractivity contribution >= 4 is 41.1 Å². The van der Waals surface area contributed by atoms with Crippen molar-refractivity contribution < 1.29 is 19.1 Å². The van der Waals surface area contributed by atoms with Gasteiger partial charge in [0.05, 0.1) is 29.0 Å². The van der Waals surface area contributed by atoms with Crippen LogP contribution in [-0.4, -0.2) is 30.6 Å². The van der Waals surface area contributed by atoms with E-state index >= 15 is 0 Å². The second-order valence-electron chi connectivity index (χ2n) is 6.14. The molecule has 8 heteroatoms. The van der Waals surface area contributed by atoms with Gasteiger partial charge in [-0.1, -0.05) is 35.7 Å². The topological polar surface area (TPSA) is 77.0 Å². The zero-order valence-corrected chi connectivity index (χ0v) is 15.4. The number of amides is 1. The normalized spacial score (nSPS) is 22.4. The first kappa shape index (κ1) is 18.7. The van der Waals surface area contributed by atoms with Crippen molar-refractivity contribution in [2.45, 2.75) is 31.8 Å². The van der Waals surface area contributed by atoms with E-state index in [1.54, 1.807) is 18.2 Å². The van der Waals surface area contributed by atoms with Crippen molar-refractivity contribution in [2.75, 3.05) is 6.61 Å². The number of halogens is 2. The molecule has 1 amide bonds.